The van der Waals surface area contributed by atoms with Crippen molar-refractivity contribution < 1.29 is 9.50 Å². The second-order valence-electron chi connectivity index (χ2n) is 3.57. The third kappa shape index (κ3) is 1.52. The molecule has 0 unspecified atom stereocenters. The lowest BCUT2D eigenvalue weighted by Gasteiger charge is -2.21. The Morgan fingerprint density at radius 3 is 3.00 bits per heavy atom. The van der Waals surface area contributed by atoms with Gasteiger partial charge in [0.15, 0.2) is 0 Å². The molecule has 1 atom stereocenters. The van der Waals surface area contributed by atoms with Crippen LogP contribution in [0.15, 0.2) is 12.1 Å². The Kier molecular flexibility index (Phi) is 1.96. The van der Waals surface area contributed by atoms with Gasteiger partial charge in [-0.1, -0.05) is 0 Å². The van der Waals surface area contributed by atoms with Gasteiger partial charge in [0.1, 0.15) is 11.6 Å². The van der Waals surface area contributed by atoms with Crippen molar-refractivity contribution >= 4 is 0 Å². The zero-order valence-electron chi connectivity index (χ0n) is 7.26. The van der Waals surface area contributed by atoms with E-state index in [2.05, 4.69) is 0 Å². The van der Waals surface area contributed by atoms with Crippen LogP contribution in [-0.2, 0) is 12.8 Å². The lowest BCUT2D eigenvalue weighted by atomic mass is 9.88. The molecular formula is C10H12FNO. The molecule has 13 heavy (non-hydrogen) atoms. The minimum atomic E-state index is -0.304. The number of phenols is 1. The SMILES string of the molecule is N[C@H]1CCc2c(F)cc(O)cc2C1. The monoisotopic (exact) mass is 181 g/mol. The summed E-state index contributed by atoms with van der Waals surface area (Å²) in [6, 6.07) is 2.88. The van der Waals surface area contributed by atoms with Gasteiger partial charge in [0.05, 0.1) is 0 Å². The van der Waals surface area contributed by atoms with Gasteiger partial charge in [0.25, 0.3) is 0 Å². The van der Waals surface area contributed by atoms with Crippen LogP contribution in [0.2, 0.25) is 0 Å². The summed E-state index contributed by atoms with van der Waals surface area (Å²) in [5, 5.41) is 9.17. The van der Waals surface area contributed by atoms with E-state index in [0.29, 0.717) is 12.8 Å². The van der Waals surface area contributed by atoms with E-state index < -0.39 is 0 Å². The zero-order chi connectivity index (χ0) is 9.42. The molecule has 3 heteroatoms. The summed E-state index contributed by atoms with van der Waals surface area (Å²) in [7, 11) is 0. The summed E-state index contributed by atoms with van der Waals surface area (Å²) >= 11 is 0. The topological polar surface area (TPSA) is 46.2 Å². The summed E-state index contributed by atoms with van der Waals surface area (Å²) in [6.07, 6.45) is 2.18. The molecule has 1 aromatic rings. The van der Waals surface area contributed by atoms with Gasteiger partial charge in [-0.25, -0.2) is 4.39 Å². The van der Waals surface area contributed by atoms with Crippen LogP contribution in [0.1, 0.15) is 17.5 Å². The molecule has 0 fully saturated rings. The molecule has 0 saturated heterocycles. The van der Waals surface area contributed by atoms with E-state index in [9.17, 15) is 9.50 Å². The number of benzene rings is 1. The molecule has 3 N–H and O–H groups in total. The van der Waals surface area contributed by atoms with Crippen molar-refractivity contribution in [2.75, 3.05) is 0 Å². The molecule has 2 rings (SSSR count). The highest BCUT2D eigenvalue weighted by atomic mass is 19.1. The van der Waals surface area contributed by atoms with E-state index in [1.165, 1.54) is 0 Å². The van der Waals surface area contributed by atoms with E-state index in [0.717, 1.165) is 23.6 Å². The molecule has 0 saturated carbocycles. The molecule has 0 aliphatic heterocycles. The second kappa shape index (κ2) is 3.00. The molecule has 0 heterocycles. The smallest absolute Gasteiger partial charge is 0.130 e. The Morgan fingerprint density at radius 1 is 1.46 bits per heavy atom. The molecule has 1 aromatic carbocycles. The number of phenolic OH excluding ortho intramolecular Hbond substituents is 1. The normalized spacial score (nSPS) is 21.2. The fourth-order valence-electron chi connectivity index (χ4n) is 1.85. The summed E-state index contributed by atoms with van der Waals surface area (Å²) in [5.74, 6) is -0.313. The largest absolute Gasteiger partial charge is 0.508 e. The quantitative estimate of drug-likeness (QED) is 0.634. The first-order valence-corrected chi connectivity index (χ1v) is 4.42. The van der Waals surface area contributed by atoms with Crippen molar-refractivity contribution in [3.8, 4) is 5.75 Å². The molecule has 0 spiro atoms. The van der Waals surface area contributed by atoms with Crippen LogP contribution in [0.5, 0.6) is 5.75 Å². The van der Waals surface area contributed by atoms with Crippen LogP contribution in [0, 0.1) is 5.82 Å². The van der Waals surface area contributed by atoms with Gasteiger partial charge in [-0.05, 0) is 36.5 Å². The minimum Gasteiger partial charge on any atom is -0.508 e. The second-order valence-corrected chi connectivity index (χ2v) is 3.57. The molecule has 2 nitrogen and oxygen atoms in total. The van der Waals surface area contributed by atoms with Crippen LogP contribution in [0.4, 0.5) is 4.39 Å². The Morgan fingerprint density at radius 2 is 2.23 bits per heavy atom. The molecule has 1 aliphatic carbocycles. The van der Waals surface area contributed by atoms with Crippen LogP contribution >= 0.6 is 0 Å². The van der Waals surface area contributed by atoms with E-state index in [-0.39, 0.29) is 17.6 Å². The zero-order valence-corrected chi connectivity index (χ0v) is 7.26. The first kappa shape index (κ1) is 8.51. The molecule has 0 aromatic heterocycles. The predicted molar refractivity (Wildman–Crippen MR) is 48.1 cm³/mol. The van der Waals surface area contributed by atoms with Gasteiger partial charge in [-0.2, -0.15) is 0 Å². The first-order valence-electron chi connectivity index (χ1n) is 4.42. The lowest BCUT2D eigenvalue weighted by molar-refractivity contribution is 0.461. The van der Waals surface area contributed by atoms with Gasteiger partial charge in [-0.3, -0.25) is 0 Å². The summed E-state index contributed by atoms with van der Waals surface area (Å²) in [4.78, 5) is 0. The molecule has 0 bridgehead atoms. The van der Waals surface area contributed by atoms with Crippen molar-refractivity contribution in [1.29, 1.82) is 0 Å². The van der Waals surface area contributed by atoms with Crippen molar-refractivity contribution in [3.63, 3.8) is 0 Å². The molecular weight excluding hydrogens is 169 g/mol. The van der Waals surface area contributed by atoms with Crippen LogP contribution in [0.25, 0.3) is 0 Å². The summed E-state index contributed by atoms with van der Waals surface area (Å²) < 4.78 is 13.3. The average Bonchev–Trinajstić information content (AvgIpc) is 2.02. The lowest BCUT2D eigenvalue weighted by Crippen LogP contribution is -2.28. The third-order valence-corrected chi connectivity index (χ3v) is 2.52. The number of halogens is 1. The maximum Gasteiger partial charge on any atom is 0.130 e. The predicted octanol–water partition coefficient (Wildman–Crippen LogP) is 1.35. The number of fused-ring (bicyclic) bond motifs is 1. The maximum atomic E-state index is 13.3. The van der Waals surface area contributed by atoms with E-state index in [1.54, 1.807) is 6.07 Å². The fraction of sp³-hybridized carbons (Fsp3) is 0.400. The number of hydrogen-bond donors (Lipinski definition) is 2. The Labute approximate surface area is 76.2 Å². The molecule has 0 radical (unpaired) electrons. The van der Waals surface area contributed by atoms with Crippen molar-refractivity contribution in [2.45, 2.75) is 25.3 Å². The average molecular weight is 181 g/mol. The highest BCUT2D eigenvalue weighted by Gasteiger charge is 2.19. The Balaban J connectivity index is 2.47. The van der Waals surface area contributed by atoms with Gasteiger partial charge in [-0.15, -0.1) is 0 Å². The van der Waals surface area contributed by atoms with Crippen LogP contribution in [0.3, 0.4) is 0 Å². The van der Waals surface area contributed by atoms with Crippen molar-refractivity contribution in [3.05, 3.63) is 29.1 Å². The highest BCUT2D eigenvalue weighted by molar-refractivity contribution is 5.38. The van der Waals surface area contributed by atoms with Gasteiger partial charge >= 0.3 is 0 Å². The third-order valence-electron chi connectivity index (χ3n) is 2.52. The van der Waals surface area contributed by atoms with E-state index in [4.69, 9.17) is 5.73 Å². The van der Waals surface area contributed by atoms with E-state index >= 15 is 0 Å². The van der Waals surface area contributed by atoms with Crippen LogP contribution in [-0.4, -0.2) is 11.1 Å². The Bertz CT molecular complexity index is 338. The minimum absolute atomic E-state index is 0.00894. The molecule has 0 amide bonds. The van der Waals surface area contributed by atoms with Crippen LogP contribution < -0.4 is 5.73 Å². The number of rotatable bonds is 0. The number of hydrogen-bond acceptors (Lipinski definition) is 2. The fourth-order valence-corrected chi connectivity index (χ4v) is 1.85. The molecule has 70 valence electrons. The standard InChI is InChI=1S/C10H12FNO/c11-10-5-8(13)4-6-3-7(12)1-2-9(6)10/h4-5,7,13H,1-3,12H2/t7-/m0/s1. The van der Waals surface area contributed by atoms with Gasteiger partial charge in [0, 0.05) is 12.1 Å². The first-order chi connectivity index (χ1) is 6.16. The number of nitrogens with two attached hydrogens (primary N) is 1. The van der Waals surface area contributed by atoms with Crippen molar-refractivity contribution in [2.24, 2.45) is 5.73 Å². The highest BCUT2D eigenvalue weighted by Crippen LogP contribution is 2.27. The maximum absolute atomic E-state index is 13.3. The Hall–Kier alpha value is -1.09. The number of aromatic hydroxyl groups is 1. The summed E-state index contributed by atoms with van der Waals surface area (Å²) in [5.41, 5.74) is 7.33. The summed E-state index contributed by atoms with van der Waals surface area (Å²) in [6.45, 7) is 0. The van der Waals surface area contributed by atoms with Gasteiger partial charge < -0.3 is 10.8 Å². The molecule has 1 aliphatic rings. The van der Waals surface area contributed by atoms with Crippen molar-refractivity contribution in [1.82, 2.24) is 0 Å². The van der Waals surface area contributed by atoms with E-state index in [1.807, 2.05) is 0 Å². The van der Waals surface area contributed by atoms with Gasteiger partial charge in [0.2, 0.25) is 0 Å².